The van der Waals surface area contributed by atoms with Crippen molar-refractivity contribution in [1.82, 2.24) is 20.1 Å². The summed E-state index contributed by atoms with van der Waals surface area (Å²) in [5.41, 5.74) is 1.97. The van der Waals surface area contributed by atoms with E-state index in [-0.39, 0.29) is 18.1 Å². The van der Waals surface area contributed by atoms with Crippen molar-refractivity contribution in [2.24, 2.45) is 5.92 Å². The van der Waals surface area contributed by atoms with Crippen molar-refractivity contribution in [2.75, 3.05) is 31.3 Å². The number of aldehydes is 1. The van der Waals surface area contributed by atoms with Gasteiger partial charge in [-0.1, -0.05) is 13.3 Å². The SMILES string of the molecule is CCCCNC(=O)c1c(NC)sc2c1CC(n1cnnc1NC1C=CC=[NH+]1)CC2.CO.O=CC1CC1. The van der Waals surface area contributed by atoms with E-state index in [0.717, 1.165) is 80.4 Å². The molecule has 3 heterocycles. The molecule has 2 unspecified atom stereocenters. The highest BCUT2D eigenvalue weighted by molar-refractivity contribution is 7.16. The zero-order chi connectivity index (χ0) is 25.9. The van der Waals surface area contributed by atoms with Gasteiger partial charge < -0.3 is 20.5 Å². The molecule has 5 rings (SSSR count). The highest BCUT2D eigenvalue weighted by Gasteiger charge is 2.31. The third kappa shape index (κ3) is 7.01. The standard InChI is InChI=1S/C20H27N7OS.C4H6O.CH4O/c1-3-4-9-23-18(28)17-14-11-13(7-8-15(14)29-19(17)21-2)27-12-24-26-20(27)25-16-6-5-10-22-16;5-3-4-1-2-4;1-2/h5-6,10,12-13,16,21H,3-4,7-9,11H2,1-2H3,(H,23,28)(H,25,26);3-4H,1-2H2;2H,1H3/p+1. The molecule has 0 spiro atoms. The number of allylic oxidation sites excluding steroid dienone is 1. The van der Waals surface area contributed by atoms with Gasteiger partial charge in [-0.05, 0) is 44.1 Å². The molecule has 1 aliphatic heterocycles. The van der Waals surface area contributed by atoms with E-state index in [2.05, 4.69) is 42.6 Å². The van der Waals surface area contributed by atoms with Gasteiger partial charge in [-0.25, -0.2) is 4.99 Å². The minimum Gasteiger partial charge on any atom is -0.400 e. The van der Waals surface area contributed by atoms with Gasteiger partial charge in [0, 0.05) is 49.7 Å². The topological polar surface area (TPSA) is 135 Å². The van der Waals surface area contributed by atoms with Crippen LogP contribution in [0.1, 0.15) is 65.9 Å². The number of fused-ring (bicyclic) bond motifs is 1. The van der Waals surface area contributed by atoms with Crippen molar-refractivity contribution in [1.29, 1.82) is 0 Å². The van der Waals surface area contributed by atoms with Gasteiger partial charge in [0.05, 0.1) is 5.56 Å². The van der Waals surface area contributed by atoms with Gasteiger partial charge in [-0.2, -0.15) is 0 Å². The number of aromatic nitrogens is 3. The number of aliphatic hydroxyl groups excluding tert-OH is 1. The molecule has 2 atom stereocenters. The van der Waals surface area contributed by atoms with Gasteiger partial charge in [-0.3, -0.25) is 14.7 Å². The van der Waals surface area contributed by atoms with E-state index in [1.54, 1.807) is 17.7 Å². The smallest absolute Gasteiger partial charge is 0.254 e. The van der Waals surface area contributed by atoms with Gasteiger partial charge in [0.25, 0.3) is 5.91 Å². The molecule has 10 nitrogen and oxygen atoms in total. The van der Waals surface area contributed by atoms with Crippen LogP contribution in [0.5, 0.6) is 0 Å². The van der Waals surface area contributed by atoms with E-state index >= 15 is 0 Å². The summed E-state index contributed by atoms with van der Waals surface area (Å²) in [5, 5.41) is 26.0. The molecule has 5 N–H and O–H groups in total. The molecule has 1 amide bonds. The lowest BCUT2D eigenvalue weighted by atomic mass is 9.91. The highest BCUT2D eigenvalue weighted by Crippen LogP contribution is 2.41. The second kappa shape index (κ2) is 13.9. The second-order valence-corrected chi connectivity index (χ2v) is 9.94. The fourth-order valence-corrected chi connectivity index (χ4v) is 5.34. The highest BCUT2D eigenvalue weighted by atomic mass is 32.1. The van der Waals surface area contributed by atoms with Crippen molar-refractivity contribution in [3.8, 4) is 0 Å². The average Bonchev–Trinajstić information content (AvgIpc) is 3.26. The van der Waals surface area contributed by atoms with Crippen molar-refractivity contribution in [3.05, 3.63) is 34.5 Å². The molecule has 36 heavy (non-hydrogen) atoms. The number of amides is 1. The molecule has 196 valence electrons. The van der Waals surface area contributed by atoms with Gasteiger partial charge in [0.15, 0.2) is 6.21 Å². The molecular weight excluding hydrogens is 478 g/mol. The summed E-state index contributed by atoms with van der Waals surface area (Å²) >= 11 is 1.71. The number of rotatable bonds is 9. The van der Waals surface area contributed by atoms with E-state index in [1.807, 2.05) is 25.4 Å². The first-order chi connectivity index (χ1) is 17.6. The van der Waals surface area contributed by atoms with Crippen LogP contribution < -0.4 is 20.9 Å². The zero-order valence-electron chi connectivity index (χ0n) is 21.3. The van der Waals surface area contributed by atoms with E-state index in [9.17, 15) is 9.59 Å². The van der Waals surface area contributed by atoms with Crippen LogP contribution in [0.4, 0.5) is 10.9 Å². The van der Waals surface area contributed by atoms with E-state index in [0.29, 0.717) is 12.5 Å². The minimum atomic E-state index is 0.0223. The Hall–Kier alpha value is -3.05. The number of thiophene rings is 1. The Morgan fingerprint density at radius 1 is 1.33 bits per heavy atom. The molecule has 3 aliphatic rings. The van der Waals surface area contributed by atoms with Crippen molar-refractivity contribution >= 4 is 40.7 Å². The average molecular weight is 517 g/mol. The number of nitrogens with one attached hydrogen (secondary N) is 4. The van der Waals surface area contributed by atoms with Gasteiger partial charge in [0.1, 0.15) is 17.6 Å². The van der Waals surface area contributed by atoms with Crippen molar-refractivity contribution < 1.29 is 19.7 Å². The Labute approximate surface area is 216 Å². The first kappa shape index (κ1) is 27.5. The van der Waals surface area contributed by atoms with Crippen LogP contribution in [0.25, 0.3) is 0 Å². The second-order valence-electron chi connectivity index (χ2n) is 8.84. The fourth-order valence-electron chi connectivity index (χ4n) is 4.14. The van der Waals surface area contributed by atoms with Gasteiger partial charge in [-0.15, -0.1) is 21.5 Å². The summed E-state index contributed by atoms with van der Waals surface area (Å²) in [5.74, 6) is 1.22. The summed E-state index contributed by atoms with van der Waals surface area (Å²) < 4.78 is 2.10. The normalized spacial score (nSPS) is 19.3. The number of aryl methyl sites for hydroxylation is 1. The summed E-state index contributed by atoms with van der Waals surface area (Å²) in [6.07, 6.45) is 15.8. The van der Waals surface area contributed by atoms with E-state index in [4.69, 9.17) is 5.11 Å². The predicted octanol–water partition coefficient (Wildman–Crippen LogP) is 1.30. The fraction of sp³-hybridized carbons (Fsp3) is 0.560. The predicted molar refractivity (Wildman–Crippen MR) is 143 cm³/mol. The third-order valence-corrected chi connectivity index (χ3v) is 7.56. The van der Waals surface area contributed by atoms with Crippen molar-refractivity contribution in [3.63, 3.8) is 0 Å². The molecule has 0 bridgehead atoms. The molecule has 2 aromatic rings. The van der Waals surface area contributed by atoms with Gasteiger partial charge >= 0.3 is 0 Å². The Kier molecular flexibility index (Phi) is 10.6. The summed E-state index contributed by atoms with van der Waals surface area (Å²) in [6.45, 7) is 2.84. The van der Waals surface area contributed by atoms with Crippen molar-refractivity contribution in [2.45, 2.75) is 64.1 Å². The number of aliphatic hydroxyl groups is 1. The Morgan fingerprint density at radius 3 is 2.75 bits per heavy atom. The van der Waals surface area contributed by atoms with Gasteiger partial charge in [0.2, 0.25) is 12.1 Å². The monoisotopic (exact) mass is 516 g/mol. The number of anilines is 2. The number of carbonyl (C=O) groups is 2. The largest absolute Gasteiger partial charge is 0.400 e. The third-order valence-electron chi connectivity index (χ3n) is 6.25. The Bertz CT molecular complexity index is 1050. The molecule has 0 radical (unpaired) electrons. The maximum atomic E-state index is 12.9. The number of nitrogens with zero attached hydrogens (tertiary/aromatic N) is 3. The number of unbranched alkanes of at least 4 members (excludes halogenated alkanes) is 1. The Morgan fingerprint density at radius 2 is 2.14 bits per heavy atom. The van der Waals surface area contributed by atoms with Crippen LogP contribution in [0.15, 0.2) is 18.5 Å². The lowest BCUT2D eigenvalue weighted by molar-refractivity contribution is -0.471. The van der Waals surface area contributed by atoms with E-state index < -0.39 is 0 Å². The minimum absolute atomic E-state index is 0.0223. The Balaban J connectivity index is 0.000000452. The van der Waals surface area contributed by atoms with Crippen LogP contribution >= 0.6 is 11.3 Å². The van der Waals surface area contributed by atoms with Crippen LogP contribution in [0.2, 0.25) is 0 Å². The summed E-state index contributed by atoms with van der Waals surface area (Å²) in [4.78, 5) is 27.0. The molecule has 0 saturated heterocycles. The van der Waals surface area contributed by atoms with Crippen LogP contribution in [-0.4, -0.2) is 65.1 Å². The quantitative estimate of drug-likeness (QED) is 0.250. The maximum absolute atomic E-state index is 12.9. The van der Waals surface area contributed by atoms with Crippen LogP contribution in [0.3, 0.4) is 0 Å². The lowest BCUT2D eigenvalue weighted by Crippen LogP contribution is -2.76. The zero-order valence-corrected chi connectivity index (χ0v) is 22.1. The summed E-state index contributed by atoms with van der Waals surface area (Å²) in [6, 6.07) is 0.218. The molecule has 11 heteroatoms. The summed E-state index contributed by atoms with van der Waals surface area (Å²) in [7, 11) is 2.89. The number of carbonyl (C=O) groups excluding carboxylic acids is 2. The molecule has 2 aromatic heterocycles. The van der Waals surface area contributed by atoms with Crippen LogP contribution in [-0.2, 0) is 17.6 Å². The van der Waals surface area contributed by atoms with Crippen LogP contribution in [0, 0.1) is 5.92 Å². The molecule has 1 fully saturated rings. The first-order valence-electron chi connectivity index (χ1n) is 12.6. The molecule has 1 saturated carbocycles. The number of hydrogen-bond donors (Lipinski definition) is 5. The molecule has 0 aromatic carbocycles. The first-order valence-corrected chi connectivity index (χ1v) is 13.4. The lowest BCUT2D eigenvalue weighted by Gasteiger charge is -2.25. The number of hydrogen-bond acceptors (Lipinski definition) is 8. The van der Waals surface area contributed by atoms with E-state index in [1.165, 1.54) is 4.88 Å². The maximum Gasteiger partial charge on any atom is 0.254 e. The molecule has 2 aliphatic carbocycles. The molecular formula is C25H38N7O3S+.